The van der Waals surface area contributed by atoms with E-state index in [9.17, 15) is 14.3 Å². The van der Waals surface area contributed by atoms with Crippen LogP contribution in [-0.2, 0) is 0 Å². The van der Waals surface area contributed by atoms with Crippen LogP contribution in [0.15, 0.2) is 35.0 Å². The first-order valence-electron chi connectivity index (χ1n) is 6.82. The predicted molar refractivity (Wildman–Crippen MR) is 84.6 cm³/mol. The average molecular weight is 318 g/mol. The lowest BCUT2D eigenvalue weighted by Crippen LogP contribution is -2.28. The zero-order chi connectivity index (χ0) is 15.7. The van der Waals surface area contributed by atoms with Gasteiger partial charge in [0.25, 0.3) is 5.91 Å². The number of halogens is 1. The normalized spacial score (nSPS) is 12.5. The number of thiophene rings is 1. The summed E-state index contributed by atoms with van der Waals surface area (Å²) in [7, 11) is 0. The van der Waals surface area contributed by atoms with Crippen LogP contribution in [0.25, 0.3) is 10.9 Å². The smallest absolute Gasteiger partial charge is 0.267 e. The number of aryl methyl sites for hydroxylation is 1. The summed E-state index contributed by atoms with van der Waals surface area (Å²) in [4.78, 5) is 15.0. The maximum Gasteiger partial charge on any atom is 0.267 e. The Morgan fingerprint density at radius 1 is 1.45 bits per heavy atom. The number of hydrogen-bond acceptors (Lipinski definition) is 3. The number of carbonyl (C=O) groups is 1. The van der Waals surface area contributed by atoms with Crippen molar-refractivity contribution in [2.75, 3.05) is 6.54 Å². The molecule has 0 aliphatic rings. The number of aromatic amines is 1. The number of carbonyl (C=O) groups excluding carboxylic acids is 1. The first-order chi connectivity index (χ1) is 10.5. The first kappa shape index (κ1) is 14.7. The van der Waals surface area contributed by atoms with E-state index in [0.29, 0.717) is 11.2 Å². The molecular formula is C16H15FN2O2S. The zero-order valence-corrected chi connectivity index (χ0v) is 12.7. The van der Waals surface area contributed by atoms with E-state index in [0.717, 1.165) is 16.5 Å². The van der Waals surface area contributed by atoms with Crippen LogP contribution >= 0.6 is 11.3 Å². The largest absolute Gasteiger partial charge is 0.387 e. The molecule has 6 heteroatoms. The second kappa shape index (κ2) is 5.90. The Hall–Kier alpha value is -2.18. The van der Waals surface area contributed by atoms with E-state index >= 15 is 0 Å². The van der Waals surface area contributed by atoms with Crippen molar-refractivity contribution in [1.82, 2.24) is 10.3 Å². The van der Waals surface area contributed by atoms with E-state index in [2.05, 4.69) is 10.3 Å². The first-order valence-corrected chi connectivity index (χ1v) is 7.76. The monoisotopic (exact) mass is 318 g/mol. The fraction of sp³-hybridized carbons (Fsp3) is 0.188. The Bertz CT molecular complexity index is 811. The minimum atomic E-state index is -0.737. The van der Waals surface area contributed by atoms with Crippen molar-refractivity contribution in [3.05, 3.63) is 57.7 Å². The van der Waals surface area contributed by atoms with Crippen molar-refractivity contribution in [2.24, 2.45) is 0 Å². The quantitative estimate of drug-likeness (QED) is 0.692. The lowest BCUT2D eigenvalue weighted by Gasteiger charge is -2.09. The number of fused-ring (bicyclic) bond motifs is 1. The SMILES string of the molecule is Cc1cc(F)cc2[nH]c(C(=O)NC[C@@H](O)c3ccsc3)cc12. The minimum Gasteiger partial charge on any atom is -0.387 e. The van der Waals surface area contributed by atoms with Crippen molar-refractivity contribution in [1.29, 1.82) is 0 Å². The van der Waals surface area contributed by atoms with Gasteiger partial charge >= 0.3 is 0 Å². The number of aromatic nitrogens is 1. The molecule has 3 rings (SSSR count). The lowest BCUT2D eigenvalue weighted by atomic mass is 10.1. The number of aliphatic hydroxyl groups is 1. The summed E-state index contributed by atoms with van der Waals surface area (Å²) in [5, 5.41) is 17.2. The number of nitrogens with one attached hydrogen (secondary N) is 2. The Morgan fingerprint density at radius 3 is 3.00 bits per heavy atom. The maximum absolute atomic E-state index is 13.4. The van der Waals surface area contributed by atoms with E-state index in [1.165, 1.54) is 23.5 Å². The van der Waals surface area contributed by atoms with Crippen LogP contribution in [0.2, 0.25) is 0 Å². The number of rotatable bonds is 4. The van der Waals surface area contributed by atoms with E-state index in [1.54, 1.807) is 13.0 Å². The van der Waals surface area contributed by atoms with Crippen LogP contribution in [0.1, 0.15) is 27.7 Å². The molecule has 22 heavy (non-hydrogen) atoms. The molecule has 4 nitrogen and oxygen atoms in total. The van der Waals surface area contributed by atoms with Gasteiger partial charge in [0.05, 0.1) is 6.10 Å². The third kappa shape index (κ3) is 2.88. The molecule has 0 spiro atoms. The molecule has 114 valence electrons. The summed E-state index contributed by atoms with van der Waals surface area (Å²) in [5.74, 6) is -0.669. The molecule has 1 amide bonds. The molecule has 0 aliphatic heterocycles. The molecule has 1 aromatic carbocycles. The molecule has 0 fully saturated rings. The fourth-order valence-corrected chi connectivity index (χ4v) is 3.07. The molecule has 1 atom stereocenters. The predicted octanol–water partition coefficient (Wildman–Crippen LogP) is 3.14. The Kier molecular flexibility index (Phi) is 3.96. The van der Waals surface area contributed by atoms with E-state index in [1.807, 2.05) is 16.8 Å². The number of amides is 1. The Morgan fingerprint density at radius 2 is 2.27 bits per heavy atom. The van der Waals surface area contributed by atoms with Crippen molar-refractivity contribution in [2.45, 2.75) is 13.0 Å². The fourth-order valence-electron chi connectivity index (χ4n) is 2.36. The van der Waals surface area contributed by atoms with Gasteiger partial charge in [-0.15, -0.1) is 0 Å². The molecule has 2 heterocycles. The van der Waals surface area contributed by atoms with Crippen LogP contribution in [-0.4, -0.2) is 22.5 Å². The van der Waals surface area contributed by atoms with E-state index < -0.39 is 6.10 Å². The molecule has 3 N–H and O–H groups in total. The highest BCUT2D eigenvalue weighted by Gasteiger charge is 2.14. The summed E-state index contributed by atoms with van der Waals surface area (Å²) in [5.41, 5.74) is 2.48. The van der Waals surface area contributed by atoms with Crippen molar-refractivity contribution < 1.29 is 14.3 Å². The van der Waals surface area contributed by atoms with Gasteiger partial charge in [0.2, 0.25) is 0 Å². The van der Waals surface area contributed by atoms with Crippen molar-refractivity contribution in [3.63, 3.8) is 0 Å². The lowest BCUT2D eigenvalue weighted by molar-refractivity contribution is 0.0912. The molecular weight excluding hydrogens is 303 g/mol. The molecule has 0 saturated heterocycles. The molecule has 0 radical (unpaired) electrons. The van der Waals surface area contributed by atoms with Gasteiger partial charge in [-0.1, -0.05) is 0 Å². The van der Waals surface area contributed by atoms with Gasteiger partial charge in [0.15, 0.2) is 0 Å². The van der Waals surface area contributed by atoms with Crippen LogP contribution in [0, 0.1) is 12.7 Å². The summed E-state index contributed by atoms with van der Waals surface area (Å²) in [6.07, 6.45) is -0.737. The van der Waals surface area contributed by atoms with Crippen molar-refractivity contribution in [3.8, 4) is 0 Å². The summed E-state index contributed by atoms with van der Waals surface area (Å²) < 4.78 is 13.4. The molecule has 0 saturated carbocycles. The zero-order valence-electron chi connectivity index (χ0n) is 11.9. The van der Waals surface area contributed by atoms with Gasteiger partial charge in [-0.2, -0.15) is 11.3 Å². The van der Waals surface area contributed by atoms with E-state index in [4.69, 9.17) is 0 Å². The Balaban J connectivity index is 1.74. The average Bonchev–Trinajstić information content (AvgIpc) is 3.13. The molecule has 0 aliphatic carbocycles. The van der Waals surface area contributed by atoms with Gasteiger partial charge < -0.3 is 15.4 Å². The maximum atomic E-state index is 13.4. The minimum absolute atomic E-state index is 0.123. The molecule has 0 unspecified atom stereocenters. The Labute approximate surface area is 130 Å². The highest BCUT2D eigenvalue weighted by molar-refractivity contribution is 7.07. The highest BCUT2D eigenvalue weighted by Crippen LogP contribution is 2.21. The number of aliphatic hydroxyl groups excluding tert-OH is 1. The molecule has 0 bridgehead atoms. The third-order valence-corrected chi connectivity index (χ3v) is 4.24. The van der Waals surface area contributed by atoms with E-state index in [-0.39, 0.29) is 18.3 Å². The molecule has 2 aromatic heterocycles. The second-order valence-electron chi connectivity index (χ2n) is 5.15. The second-order valence-corrected chi connectivity index (χ2v) is 5.93. The van der Waals surface area contributed by atoms with Crippen LogP contribution in [0.3, 0.4) is 0 Å². The molecule has 3 aromatic rings. The van der Waals surface area contributed by atoms with Crippen LogP contribution in [0.5, 0.6) is 0 Å². The van der Waals surface area contributed by atoms with Gasteiger partial charge in [0.1, 0.15) is 11.5 Å². The third-order valence-electron chi connectivity index (χ3n) is 3.54. The topological polar surface area (TPSA) is 65.1 Å². The standard InChI is InChI=1S/C16H15FN2O2S/c1-9-4-11(17)5-13-12(9)6-14(19-13)16(21)18-7-15(20)10-2-3-22-8-10/h2-6,8,15,19-20H,7H2,1H3,(H,18,21)/t15-/m1/s1. The van der Waals surface area contributed by atoms with Gasteiger partial charge in [0, 0.05) is 17.4 Å². The van der Waals surface area contributed by atoms with Gasteiger partial charge in [-0.3, -0.25) is 4.79 Å². The number of H-pyrrole nitrogens is 1. The summed E-state index contributed by atoms with van der Waals surface area (Å²) >= 11 is 1.49. The number of benzene rings is 1. The van der Waals surface area contributed by atoms with Gasteiger partial charge in [-0.05, 0) is 53.1 Å². The summed E-state index contributed by atoms with van der Waals surface area (Å²) in [6, 6.07) is 6.30. The van der Waals surface area contributed by atoms with Gasteiger partial charge in [-0.25, -0.2) is 4.39 Å². The van der Waals surface area contributed by atoms with Crippen molar-refractivity contribution >= 4 is 28.1 Å². The highest BCUT2D eigenvalue weighted by atomic mass is 32.1. The summed E-state index contributed by atoms with van der Waals surface area (Å²) in [6.45, 7) is 1.92. The number of hydrogen-bond donors (Lipinski definition) is 3. The van der Waals surface area contributed by atoms with Crippen LogP contribution in [0.4, 0.5) is 4.39 Å². The van der Waals surface area contributed by atoms with Crippen LogP contribution < -0.4 is 5.32 Å².